The molecular weight excluding hydrogens is 276 g/mol. The van der Waals surface area contributed by atoms with E-state index in [1.54, 1.807) is 0 Å². The molecule has 1 aliphatic carbocycles. The summed E-state index contributed by atoms with van der Waals surface area (Å²) >= 11 is 0. The zero-order valence-electron chi connectivity index (χ0n) is 13.4. The van der Waals surface area contributed by atoms with Gasteiger partial charge in [0.05, 0.1) is 13.0 Å². The highest BCUT2D eigenvalue weighted by atomic mass is 16.2. The molecule has 22 heavy (non-hydrogen) atoms. The molecule has 0 saturated heterocycles. The van der Waals surface area contributed by atoms with Crippen molar-refractivity contribution in [1.29, 1.82) is 0 Å². The highest BCUT2D eigenvalue weighted by Gasteiger charge is 2.15. The fraction of sp³-hybridized carbons (Fsp3) is 0.556. The van der Waals surface area contributed by atoms with E-state index >= 15 is 0 Å². The lowest BCUT2D eigenvalue weighted by Crippen LogP contribution is -2.42. The van der Waals surface area contributed by atoms with Crippen molar-refractivity contribution in [2.24, 2.45) is 0 Å². The fourth-order valence-electron chi connectivity index (χ4n) is 2.95. The molecule has 0 aliphatic heterocycles. The van der Waals surface area contributed by atoms with E-state index in [1.807, 2.05) is 31.2 Å². The second-order valence-corrected chi connectivity index (χ2v) is 6.20. The van der Waals surface area contributed by atoms with Crippen molar-refractivity contribution in [3.05, 3.63) is 35.4 Å². The van der Waals surface area contributed by atoms with Crippen LogP contribution in [0, 0.1) is 6.92 Å². The van der Waals surface area contributed by atoms with Crippen molar-refractivity contribution < 1.29 is 9.59 Å². The molecular formula is C18H26N2O2. The van der Waals surface area contributed by atoms with Crippen LogP contribution in [-0.2, 0) is 16.0 Å². The molecule has 0 aromatic heterocycles. The topological polar surface area (TPSA) is 58.2 Å². The maximum absolute atomic E-state index is 11.9. The van der Waals surface area contributed by atoms with Crippen molar-refractivity contribution in [3.8, 4) is 0 Å². The zero-order valence-corrected chi connectivity index (χ0v) is 13.4. The first-order chi connectivity index (χ1) is 10.6. The van der Waals surface area contributed by atoms with Gasteiger partial charge in [0.1, 0.15) is 0 Å². The zero-order chi connectivity index (χ0) is 15.8. The van der Waals surface area contributed by atoms with Crippen LogP contribution in [0.15, 0.2) is 24.3 Å². The number of hydrogen-bond acceptors (Lipinski definition) is 2. The van der Waals surface area contributed by atoms with Crippen LogP contribution in [0.25, 0.3) is 0 Å². The monoisotopic (exact) mass is 302 g/mol. The van der Waals surface area contributed by atoms with Crippen molar-refractivity contribution in [1.82, 2.24) is 10.6 Å². The maximum Gasteiger partial charge on any atom is 0.239 e. The van der Waals surface area contributed by atoms with Gasteiger partial charge in [0.15, 0.2) is 0 Å². The molecule has 0 spiro atoms. The van der Waals surface area contributed by atoms with Crippen LogP contribution < -0.4 is 10.6 Å². The minimum atomic E-state index is -0.110. The normalized spacial score (nSPS) is 15.9. The third-order valence-corrected chi connectivity index (χ3v) is 4.11. The summed E-state index contributed by atoms with van der Waals surface area (Å²) in [5, 5.41) is 5.74. The average Bonchev–Trinajstić information content (AvgIpc) is 2.74. The molecule has 1 saturated carbocycles. The van der Waals surface area contributed by atoms with E-state index in [-0.39, 0.29) is 24.4 Å². The van der Waals surface area contributed by atoms with Crippen LogP contribution in [0.2, 0.25) is 0 Å². The number of benzene rings is 1. The van der Waals surface area contributed by atoms with Gasteiger partial charge < -0.3 is 10.6 Å². The van der Waals surface area contributed by atoms with Gasteiger partial charge in [0.2, 0.25) is 11.8 Å². The number of amides is 2. The molecule has 4 nitrogen and oxygen atoms in total. The number of rotatable bonds is 5. The van der Waals surface area contributed by atoms with Crippen molar-refractivity contribution in [2.75, 3.05) is 6.54 Å². The molecule has 2 amide bonds. The predicted molar refractivity (Wildman–Crippen MR) is 87.5 cm³/mol. The van der Waals surface area contributed by atoms with Gasteiger partial charge >= 0.3 is 0 Å². The van der Waals surface area contributed by atoms with E-state index in [0.29, 0.717) is 6.42 Å². The summed E-state index contributed by atoms with van der Waals surface area (Å²) in [5.74, 6) is -0.189. The molecule has 4 heteroatoms. The van der Waals surface area contributed by atoms with Crippen LogP contribution in [-0.4, -0.2) is 24.4 Å². The molecule has 0 heterocycles. The Labute approximate surface area is 132 Å². The summed E-state index contributed by atoms with van der Waals surface area (Å²) < 4.78 is 0. The Bertz CT molecular complexity index is 506. The summed E-state index contributed by atoms with van der Waals surface area (Å²) in [5.41, 5.74) is 2.11. The molecule has 0 atom stereocenters. The first-order valence-electron chi connectivity index (χ1n) is 8.25. The number of carbonyl (C=O) groups excluding carboxylic acids is 2. The maximum atomic E-state index is 11.9. The molecule has 2 rings (SSSR count). The predicted octanol–water partition coefficient (Wildman–Crippen LogP) is 2.49. The van der Waals surface area contributed by atoms with Crippen LogP contribution in [0.1, 0.15) is 49.7 Å². The number of hydrogen-bond donors (Lipinski definition) is 2. The Balaban J connectivity index is 1.70. The van der Waals surface area contributed by atoms with Crippen LogP contribution >= 0.6 is 0 Å². The summed E-state index contributed by atoms with van der Waals surface area (Å²) in [6.07, 6.45) is 7.33. The highest BCUT2D eigenvalue weighted by Crippen LogP contribution is 2.16. The lowest BCUT2D eigenvalue weighted by Gasteiger charge is -2.16. The quantitative estimate of drug-likeness (QED) is 0.821. The summed E-state index contributed by atoms with van der Waals surface area (Å²) in [6, 6.07) is 8.14. The molecule has 1 aromatic rings. The Hall–Kier alpha value is -1.84. The van der Waals surface area contributed by atoms with Gasteiger partial charge in [-0.2, -0.15) is 0 Å². The van der Waals surface area contributed by atoms with E-state index in [1.165, 1.54) is 25.7 Å². The van der Waals surface area contributed by atoms with Gasteiger partial charge in [-0.15, -0.1) is 0 Å². The number of carbonyl (C=O) groups is 2. The van der Waals surface area contributed by atoms with E-state index in [2.05, 4.69) is 10.6 Å². The van der Waals surface area contributed by atoms with Gasteiger partial charge in [-0.25, -0.2) is 0 Å². The largest absolute Gasteiger partial charge is 0.352 e. The van der Waals surface area contributed by atoms with Crippen molar-refractivity contribution >= 4 is 11.8 Å². The second kappa shape index (κ2) is 8.57. The standard InChI is InChI=1S/C18H26N2O2/c1-14-7-6-8-15(11-14)12-17(21)19-13-18(22)20-16-9-4-2-3-5-10-16/h6-8,11,16H,2-5,9-10,12-13H2,1H3,(H,19,21)(H,20,22). The summed E-state index contributed by atoms with van der Waals surface area (Å²) in [6.45, 7) is 2.07. The fourth-order valence-corrected chi connectivity index (χ4v) is 2.95. The van der Waals surface area contributed by atoms with Gasteiger partial charge in [0, 0.05) is 6.04 Å². The van der Waals surface area contributed by atoms with Gasteiger partial charge in [0.25, 0.3) is 0 Å². The van der Waals surface area contributed by atoms with E-state index in [4.69, 9.17) is 0 Å². The molecule has 1 aliphatic rings. The van der Waals surface area contributed by atoms with Crippen molar-refractivity contribution in [2.45, 2.75) is 57.9 Å². The van der Waals surface area contributed by atoms with E-state index < -0.39 is 0 Å². The Kier molecular flexibility index (Phi) is 6.44. The number of aryl methyl sites for hydroxylation is 1. The first kappa shape index (κ1) is 16.5. The second-order valence-electron chi connectivity index (χ2n) is 6.20. The highest BCUT2D eigenvalue weighted by molar-refractivity contribution is 5.85. The lowest BCUT2D eigenvalue weighted by atomic mass is 10.1. The SMILES string of the molecule is Cc1cccc(CC(=O)NCC(=O)NC2CCCCCC2)c1. The minimum absolute atomic E-state index is 0.0706. The summed E-state index contributed by atoms with van der Waals surface area (Å²) in [4.78, 5) is 23.8. The van der Waals surface area contributed by atoms with E-state index in [9.17, 15) is 9.59 Å². The van der Waals surface area contributed by atoms with Crippen molar-refractivity contribution in [3.63, 3.8) is 0 Å². The van der Waals surface area contributed by atoms with E-state index in [0.717, 1.165) is 24.0 Å². The third kappa shape index (κ3) is 5.88. The van der Waals surface area contributed by atoms with Gasteiger partial charge in [-0.1, -0.05) is 55.5 Å². The molecule has 0 unspecified atom stereocenters. The van der Waals surface area contributed by atoms with Gasteiger partial charge in [-0.3, -0.25) is 9.59 Å². The van der Waals surface area contributed by atoms with Crippen LogP contribution in [0.4, 0.5) is 0 Å². The molecule has 2 N–H and O–H groups in total. The first-order valence-corrected chi connectivity index (χ1v) is 8.25. The molecule has 1 fully saturated rings. The van der Waals surface area contributed by atoms with Crippen LogP contribution in [0.3, 0.4) is 0 Å². The van der Waals surface area contributed by atoms with Crippen LogP contribution in [0.5, 0.6) is 0 Å². The lowest BCUT2D eigenvalue weighted by molar-refractivity contribution is -0.126. The Morgan fingerprint density at radius 1 is 1.09 bits per heavy atom. The summed E-state index contributed by atoms with van der Waals surface area (Å²) in [7, 11) is 0. The number of nitrogens with one attached hydrogen (secondary N) is 2. The molecule has 0 bridgehead atoms. The third-order valence-electron chi connectivity index (χ3n) is 4.11. The average molecular weight is 302 g/mol. The molecule has 0 radical (unpaired) electrons. The Morgan fingerprint density at radius 2 is 1.82 bits per heavy atom. The smallest absolute Gasteiger partial charge is 0.239 e. The minimum Gasteiger partial charge on any atom is -0.352 e. The van der Waals surface area contributed by atoms with Gasteiger partial charge in [-0.05, 0) is 25.3 Å². The molecule has 1 aromatic carbocycles. The molecule has 120 valence electrons. The Morgan fingerprint density at radius 3 is 2.50 bits per heavy atom.